The number of anilines is 1. The predicted octanol–water partition coefficient (Wildman–Crippen LogP) is 3.16. The maximum absolute atomic E-state index is 12.6. The molecule has 0 unspecified atom stereocenters. The Morgan fingerprint density at radius 1 is 1.35 bits per heavy atom. The fourth-order valence-corrected chi connectivity index (χ4v) is 1.61. The van der Waals surface area contributed by atoms with Crippen molar-refractivity contribution in [2.75, 3.05) is 18.5 Å². The number of hydrogen-bond donors (Lipinski definition) is 2. The van der Waals surface area contributed by atoms with Crippen LogP contribution < -0.4 is 11.1 Å². The largest absolute Gasteiger partial charge is 0.416 e. The van der Waals surface area contributed by atoms with E-state index in [2.05, 4.69) is 5.32 Å². The molecule has 0 heterocycles. The molecule has 1 amide bonds. The summed E-state index contributed by atoms with van der Waals surface area (Å²) < 4.78 is 37.6. The first-order valence-corrected chi connectivity index (χ1v) is 7.09. The number of nitrogen functional groups attached to an aromatic ring is 1. The van der Waals surface area contributed by atoms with Crippen LogP contribution in [0.25, 0.3) is 0 Å². The molecule has 1 rings (SSSR count). The van der Waals surface area contributed by atoms with Crippen molar-refractivity contribution in [1.29, 1.82) is 0 Å². The predicted molar refractivity (Wildman–Crippen MR) is 75.8 cm³/mol. The lowest BCUT2D eigenvalue weighted by Gasteiger charge is -2.22. The first-order chi connectivity index (χ1) is 9.07. The molecular formula is C13H17F3N2OS. The van der Waals surface area contributed by atoms with Crippen molar-refractivity contribution >= 4 is 23.4 Å². The third-order valence-corrected chi connectivity index (χ3v) is 4.10. The fourth-order valence-electron chi connectivity index (χ4n) is 1.39. The Morgan fingerprint density at radius 3 is 2.45 bits per heavy atom. The lowest BCUT2D eigenvalue weighted by molar-refractivity contribution is -0.137. The summed E-state index contributed by atoms with van der Waals surface area (Å²) in [6.45, 7) is 4.18. The third-order valence-electron chi connectivity index (χ3n) is 2.85. The minimum Gasteiger partial charge on any atom is -0.398 e. The average Bonchev–Trinajstić information content (AvgIpc) is 2.35. The smallest absolute Gasteiger partial charge is 0.398 e. The van der Waals surface area contributed by atoms with Gasteiger partial charge in [-0.15, -0.1) is 0 Å². The van der Waals surface area contributed by atoms with Crippen LogP contribution in [-0.2, 0) is 6.18 Å². The van der Waals surface area contributed by atoms with E-state index in [9.17, 15) is 18.0 Å². The SMILES string of the molecule is CSC(C)(C)CNC(=O)c1cc(C(F)(F)F)ccc1N. The molecule has 0 aliphatic carbocycles. The molecular weight excluding hydrogens is 289 g/mol. The molecule has 1 aromatic carbocycles. The number of nitrogens with two attached hydrogens (primary N) is 1. The topological polar surface area (TPSA) is 55.1 Å². The Labute approximate surface area is 120 Å². The quantitative estimate of drug-likeness (QED) is 0.840. The summed E-state index contributed by atoms with van der Waals surface area (Å²) >= 11 is 1.55. The second kappa shape index (κ2) is 5.95. The zero-order valence-electron chi connectivity index (χ0n) is 11.5. The number of alkyl halides is 3. The van der Waals surface area contributed by atoms with E-state index < -0.39 is 17.6 Å². The zero-order chi connectivity index (χ0) is 15.6. The van der Waals surface area contributed by atoms with Crippen LogP contribution >= 0.6 is 11.8 Å². The Kier molecular flexibility index (Phi) is 4.96. The summed E-state index contributed by atoms with van der Waals surface area (Å²) in [5.41, 5.74) is 4.55. The van der Waals surface area contributed by atoms with Gasteiger partial charge in [0.15, 0.2) is 0 Å². The highest BCUT2D eigenvalue weighted by Gasteiger charge is 2.31. The Hall–Kier alpha value is -1.37. The van der Waals surface area contributed by atoms with Crippen LogP contribution in [0.5, 0.6) is 0 Å². The summed E-state index contributed by atoms with van der Waals surface area (Å²) in [6.07, 6.45) is -2.61. The van der Waals surface area contributed by atoms with Crippen molar-refractivity contribution in [3.8, 4) is 0 Å². The van der Waals surface area contributed by atoms with Gasteiger partial charge in [-0.1, -0.05) is 0 Å². The van der Waals surface area contributed by atoms with Crippen LogP contribution in [-0.4, -0.2) is 23.5 Å². The summed E-state index contributed by atoms with van der Waals surface area (Å²) in [5.74, 6) is -0.601. The molecule has 0 spiro atoms. The van der Waals surface area contributed by atoms with E-state index in [0.717, 1.165) is 18.2 Å². The van der Waals surface area contributed by atoms with E-state index >= 15 is 0 Å². The molecule has 0 atom stereocenters. The van der Waals surface area contributed by atoms with E-state index in [1.165, 1.54) is 0 Å². The normalized spacial score (nSPS) is 12.3. The van der Waals surface area contributed by atoms with Crippen LogP contribution in [0.3, 0.4) is 0 Å². The van der Waals surface area contributed by atoms with Crippen LogP contribution in [0.4, 0.5) is 18.9 Å². The second-order valence-corrected chi connectivity index (χ2v) is 6.46. The maximum atomic E-state index is 12.6. The fraction of sp³-hybridized carbons (Fsp3) is 0.462. The number of nitrogens with one attached hydrogen (secondary N) is 1. The molecule has 20 heavy (non-hydrogen) atoms. The van der Waals surface area contributed by atoms with Crippen molar-refractivity contribution in [3.05, 3.63) is 29.3 Å². The Balaban J connectivity index is 2.93. The van der Waals surface area contributed by atoms with Crippen LogP contribution in [0.2, 0.25) is 0 Å². The van der Waals surface area contributed by atoms with Gasteiger partial charge >= 0.3 is 6.18 Å². The van der Waals surface area contributed by atoms with Crippen molar-refractivity contribution in [2.45, 2.75) is 24.8 Å². The molecule has 0 saturated heterocycles. The zero-order valence-corrected chi connectivity index (χ0v) is 12.3. The number of thioether (sulfide) groups is 1. The van der Waals surface area contributed by atoms with E-state index in [1.54, 1.807) is 11.8 Å². The van der Waals surface area contributed by atoms with Gasteiger partial charge in [-0.05, 0) is 38.3 Å². The monoisotopic (exact) mass is 306 g/mol. The molecule has 3 N–H and O–H groups in total. The second-order valence-electron chi connectivity index (χ2n) is 4.95. The van der Waals surface area contributed by atoms with Crippen LogP contribution in [0.15, 0.2) is 18.2 Å². The average molecular weight is 306 g/mol. The number of carbonyl (C=O) groups is 1. The lowest BCUT2D eigenvalue weighted by Crippen LogP contribution is -2.36. The molecule has 0 fully saturated rings. The highest BCUT2D eigenvalue weighted by molar-refractivity contribution is 7.99. The minimum absolute atomic E-state index is 0.0254. The summed E-state index contributed by atoms with van der Waals surface area (Å²) in [4.78, 5) is 11.9. The molecule has 0 aliphatic rings. The molecule has 0 aliphatic heterocycles. The Bertz CT molecular complexity index is 501. The van der Waals surface area contributed by atoms with Crippen LogP contribution in [0.1, 0.15) is 29.8 Å². The van der Waals surface area contributed by atoms with Crippen LogP contribution in [0, 0.1) is 0 Å². The minimum atomic E-state index is -4.50. The summed E-state index contributed by atoms with van der Waals surface area (Å²) in [5, 5.41) is 2.60. The van der Waals surface area contributed by atoms with E-state index in [-0.39, 0.29) is 16.0 Å². The van der Waals surface area contributed by atoms with Gasteiger partial charge in [0, 0.05) is 17.0 Å². The van der Waals surface area contributed by atoms with Crippen molar-refractivity contribution in [2.24, 2.45) is 0 Å². The van der Waals surface area contributed by atoms with Gasteiger partial charge in [-0.3, -0.25) is 4.79 Å². The summed E-state index contributed by atoms with van der Waals surface area (Å²) in [6, 6.07) is 2.73. The van der Waals surface area contributed by atoms with Gasteiger partial charge < -0.3 is 11.1 Å². The molecule has 112 valence electrons. The van der Waals surface area contributed by atoms with Crippen molar-refractivity contribution in [1.82, 2.24) is 5.32 Å². The maximum Gasteiger partial charge on any atom is 0.416 e. The third kappa shape index (κ3) is 4.33. The first-order valence-electron chi connectivity index (χ1n) is 5.87. The van der Waals surface area contributed by atoms with Gasteiger partial charge in [-0.2, -0.15) is 24.9 Å². The van der Waals surface area contributed by atoms with Gasteiger partial charge in [0.1, 0.15) is 0 Å². The highest BCUT2D eigenvalue weighted by atomic mass is 32.2. The number of rotatable bonds is 4. The first kappa shape index (κ1) is 16.7. The Morgan fingerprint density at radius 2 is 1.95 bits per heavy atom. The van der Waals surface area contributed by atoms with E-state index in [4.69, 9.17) is 5.73 Å². The molecule has 1 aromatic rings. The van der Waals surface area contributed by atoms with Gasteiger partial charge in [0.25, 0.3) is 5.91 Å². The summed E-state index contributed by atoms with van der Waals surface area (Å²) in [7, 11) is 0. The molecule has 3 nitrogen and oxygen atoms in total. The van der Waals surface area contributed by atoms with Gasteiger partial charge in [-0.25, -0.2) is 0 Å². The number of hydrogen-bond acceptors (Lipinski definition) is 3. The molecule has 0 aromatic heterocycles. The standard InChI is InChI=1S/C13H17F3N2OS/c1-12(2,20-3)7-18-11(19)9-6-8(13(14,15)16)4-5-10(9)17/h4-6H,7,17H2,1-3H3,(H,18,19). The van der Waals surface area contributed by atoms with Crippen molar-refractivity contribution < 1.29 is 18.0 Å². The highest BCUT2D eigenvalue weighted by Crippen LogP contribution is 2.31. The number of carbonyl (C=O) groups excluding carboxylic acids is 1. The number of benzene rings is 1. The lowest BCUT2D eigenvalue weighted by atomic mass is 10.1. The van der Waals surface area contributed by atoms with Crippen molar-refractivity contribution in [3.63, 3.8) is 0 Å². The molecule has 0 saturated carbocycles. The van der Waals surface area contributed by atoms with Gasteiger partial charge in [0.05, 0.1) is 11.1 Å². The van der Waals surface area contributed by atoms with E-state index in [0.29, 0.717) is 6.54 Å². The molecule has 0 radical (unpaired) electrons. The number of amides is 1. The van der Waals surface area contributed by atoms with E-state index in [1.807, 2.05) is 20.1 Å². The molecule has 0 bridgehead atoms. The molecule has 7 heteroatoms. The van der Waals surface area contributed by atoms with Gasteiger partial charge in [0.2, 0.25) is 0 Å². The number of halogens is 3.